The molecule has 2 nitrogen and oxygen atoms in total. The normalized spacial score (nSPS) is 11.7. The molecule has 0 aliphatic rings. The van der Waals surface area contributed by atoms with Crippen molar-refractivity contribution in [1.29, 1.82) is 0 Å². The number of aryl methyl sites for hydroxylation is 1. The third-order valence-corrected chi connectivity index (χ3v) is 3.94. The molecule has 0 fully saturated rings. The van der Waals surface area contributed by atoms with Crippen LogP contribution >= 0.6 is 11.6 Å². The Labute approximate surface area is 115 Å². The van der Waals surface area contributed by atoms with Crippen molar-refractivity contribution in [2.45, 2.75) is 0 Å². The Bertz CT molecular complexity index is 938. The van der Waals surface area contributed by atoms with Crippen molar-refractivity contribution in [3.8, 4) is 0 Å². The van der Waals surface area contributed by atoms with Crippen molar-refractivity contribution >= 4 is 39.1 Å². The molecule has 0 unspecified atom stereocenters. The lowest BCUT2D eigenvalue weighted by molar-refractivity contribution is -0.617. The van der Waals surface area contributed by atoms with Crippen molar-refractivity contribution in [2.24, 2.45) is 7.05 Å². The summed E-state index contributed by atoms with van der Waals surface area (Å²) in [6.45, 7) is 0. The maximum Gasteiger partial charge on any atom is 0.295 e. The summed E-state index contributed by atoms with van der Waals surface area (Å²) in [5.74, 6) is 0. The lowest BCUT2D eigenvalue weighted by atomic mass is 10.2. The lowest BCUT2D eigenvalue weighted by Crippen LogP contribution is -2.27. The Hall–Kier alpha value is -2.06. The van der Waals surface area contributed by atoms with Crippen LogP contribution in [0.1, 0.15) is 0 Å². The molecule has 0 aliphatic heterocycles. The van der Waals surface area contributed by atoms with Gasteiger partial charge in [0.1, 0.15) is 0 Å². The van der Waals surface area contributed by atoms with Gasteiger partial charge in [-0.3, -0.25) is 0 Å². The minimum absolute atomic E-state index is 0.769. The van der Waals surface area contributed by atoms with Crippen LogP contribution in [0.3, 0.4) is 0 Å². The molecule has 0 radical (unpaired) electrons. The Morgan fingerprint density at radius 3 is 2.79 bits per heavy atom. The SMILES string of the molecule is C[n+]1c2ccccc2n2ccc3ccc(Cl)cc3c21. The van der Waals surface area contributed by atoms with Gasteiger partial charge in [-0.1, -0.05) is 29.8 Å². The largest absolute Gasteiger partial charge is 0.295 e. The number of rotatable bonds is 0. The van der Waals surface area contributed by atoms with Crippen LogP contribution in [0, 0.1) is 0 Å². The number of benzene rings is 2. The zero-order chi connectivity index (χ0) is 13.0. The molecule has 3 heteroatoms. The Kier molecular flexibility index (Phi) is 2.12. The molecule has 0 amide bonds. The highest BCUT2D eigenvalue weighted by Gasteiger charge is 2.18. The van der Waals surface area contributed by atoms with Crippen LogP contribution in [0.25, 0.3) is 27.5 Å². The standard InChI is InChI=1S/C16H12ClN2/c1-18-14-4-2-3-5-15(14)19-9-8-11-6-7-12(17)10-13(11)16(18)19/h2-10H,1H3/q+1. The molecule has 0 bridgehead atoms. The number of imidazole rings is 1. The molecule has 4 rings (SSSR count). The molecule has 92 valence electrons. The van der Waals surface area contributed by atoms with Gasteiger partial charge in [0.2, 0.25) is 0 Å². The maximum absolute atomic E-state index is 6.15. The van der Waals surface area contributed by atoms with Crippen molar-refractivity contribution < 1.29 is 4.57 Å². The molecule has 19 heavy (non-hydrogen) atoms. The van der Waals surface area contributed by atoms with Crippen LogP contribution in [0.4, 0.5) is 0 Å². The van der Waals surface area contributed by atoms with Gasteiger partial charge in [-0.25, -0.2) is 4.57 Å². The first kappa shape index (κ1) is 10.8. The van der Waals surface area contributed by atoms with Gasteiger partial charge in [0.05, 0.1) is 18.6 Å². The van der Waals surface area contributed by atoms with Crippen LogP contribution < -0.4 is 4.57 Å². The second kappa shape index (κ2) is 3.72. The third-order valence-electron chi connectivity index (χ3n) is 3.71. The second-order valence-electron chi connectivity index (χ2n) is 4.79. The summed E-state index contributed by atoms with van der Waals surface area (Å²) in [5.41, 5.74) is 3.60. The monoisotopic (exact) mass is 267 g/mol. The van der Waals surface area contributed by atoms with E-state index in [2.05, 4.69) is 58.6 Å². The van der Waals surface area contributed by atoms with E-state index in [-0.39, 0.29) is 0 Å². The summed E-state index contributed by atoms with van der Waals surface area (Å²) in [5, 5.41) is 3.15. The van der Waals surface area contributed by atoms with Crippen LogP contribution in [0.15, 0.2) is 54.7 Å². The molecular formula is C16H12ClN2+. The molecule has 0 saturated heterocycles. The van der Waals surface area contributed by atoms with Gasteiger partial charge < -0.3 is 0 Å². The molecule has 2 aromatic heterocycles. The zero-order valence-corrected chi connectivity index (χ0v) is 11.2. The molecule has 0 aliphatic carbocycles. The number of aromatic nitrogens is 2. The average Bonchev–Trinajstić information content (AvgIpc) is 2.73. The number of para-hydroxylation sites is 2. The smallest absolute Gasteiger partial charge is 0.225 e. The van der Waals surface area contributed by atoms with Crippen molar-refractivity contribution in [3.05, 3.63) is 59.8 Å². The predicted octanol–water partition coefficient (Wildman–Crippen LogP) is 3.72. The zero-order valence-electron chi connectivity index (χ0n) is 10.5. The molecule has 0 N–H and O–H groups in total. The van der Waals surface area contributed by atoms with Crippen molar-refractivity contribution in [3.63, 3.8) is 0 Å². The van der Waals surface area contributed by atoms with Gasteiger partial charge in [0.25, 0.3) is 5.65 Å². The van der Waals surface area contributed by atoms with E-state index in [1.165, 1.54) is 27.5 Å². The van der Waals surface area contributed by atoms with Crippen molar-refractivity contribution in [1.82, 2.24) is 4.40 Å². The molecule has 2 heterocycles. The molecular weight excluding hydrogens is 256 g/mol. The molecule has 0 atom stereocenters. The third kappa shape index (κ3) is 1.41. The van der Waals surface area contributed by atoms with Crippen LogP contribution in [-0.4, -0.2) is 4.40 Å². The first-order chi connectivity index (χ1) is 9.25. The fourth-order valence-corrected chi connectivity index (χ4v) is 3.00. The minimum atomic E-state index is 0.769. The predicted molar refractivity (Wildman–Crippen MR) is 78.6 cm³/mol. The van der Waals surface area contributed by atoms with E-state index in [9.17, 15) is 0 Å². The summed E-state index contributed by atoms with van der Waals surface area (Å²) in [6, 6.07) is 16.6. The second-order valence-corrected chi connectivity index (χ2v) is 5.23. The van der Waals surface area contributed by atoms with E-state index in [1.54, 1.807) is 0 Å². The van der Waals surface area contributed by atoms with Crippen LogP contribution in [0.2, 0.25) is 5.02 Å². The summed E-state index contributed by atoms with van der Waals surface area (Å²) >= 11 is 6.15. The molecule has 4 aromatic rings. The number of hydrogen-bond donors (Lipinski definition) is 0. The lowest BCUT2D eigenvalue weighted by Gasteiger charge is -1.98. The van der Waals surface area contributed by atoms with E-state index >= 15 is 0 Å². The number of hydrogen-bond acceptors (Lipinski definition) is 0. The summed E-state index contributed by atoms with van der Waals surface area (Å²) in [6.07, 6.45) is 2.12. The number of nitrogens with zero attached hydrogens (tertiary/aromatic N) is 2. The van der Waals surface area contributed by atoms with Crippen LogP contribution in [-0.2, 0) is 7.05 Å². The fourth-order valence-electron chi connectivity index (χ4n) is 2.82. The highest BCUT2D eigenvalue weighted by molar-refractivity contribution is 6.31. The Morgan fingerprint density at radius 1 is 1.05 bits per heavy atom. The van der Waals surface area contributed by atoms with Gasteiger partial charge in [-0.15, -0.1) is 0 Å². The maximum atomic E-state index is 6.15. The van der Waals surface area contributed by atoms with Crippen molar-refractivity contribution in [2.75, 3.05) is 0 Å². The summed E-state index contributed by atoms with van der Waals surface area (Å²) in [7, 11) is 2.10. The van der Waals surface area contributed by atoms with E-state index in [4.69, 9.17) is 11.6 Å². The van der Waals surface area contributed by atoms with Crippen LogP contribution in [0.5, 0.6) is 0 Å². The fraction of sp³-hybridized carbons (Fsp3) is 0.0625. The quantitative estimate of drug-likeness (QED) is 0.429. The first-order valence-electron chi connectivity index (χ1n) is 6.23. The highest BCUT2D eigenvalue weighted by Crippen LogP contribution is 2.25. The number of fused-ring (bicyclic) bond motifs is 5. The minimum Gasteiger partial charge on any atom is -0.225 e. The van der Waals surface area contributed by atoms with E-state index in [0.717, 1.165) is 5.02 Å². The Balaban J connectivity index is 2.36. The van der Waals surface area contributed by atoms with E-state index < -0.39 is 0 Å². The summed E-state index contributed by atoms with van der Waals surface area (Å²) < 4.78 is 4.43. The average molecular weight is 268 g/mol. The number of halogens is 1. The molecule has 0 spiro atoms. The Morgan fingerprint density at radius 2 is 1.89 bits per heavy atom. The van der Waals surface area contributed by atoms with E-state index in [0.29, 0.717) is 0 Å². The number of pyridine rings is 1. The highest BCUT2D eigenvalue weighted by atomic mass is 35.5. The van der Waals surface area contributed by atoms with Gasteiger partial charge in [-0.2, -0.15) is 4.40 Å². The van der Waals surface area contributed by atoms with Gasteiger partial charge in [-0.05, 0) is 35.7 Å². The van der Waals surface area contributed by atoms with E-state index in [1.807, 2.05) is 12.1 Å². The molecule has 2 aromatic carbocycles. The topological polar surface area (TPSA) is 8.29 Å². The van der Waals surface area contributed by atoms with Gasteiger partial charge in [0.15, 0.2) is 11.0 Å². The molecule has 0 saturated carbocycles. The van der Waals surface area contributed by atoms with Gasteiger partial charge >= 0.3 is 0 Å². The van der Waals surface area contributed by atoms with Gasteiger partial charge in [0, 0.05) is 5.02 Å². The first-order valence-corrected chi connectivity index (χ1v) is 6.60. The summed E-state index contributed by atoms with van der Waals surface area (Å²) in [4.78, 5) is 0.